The topological polar surface area (TPSA) is 98.7 Å². The molecule has 7 nitrogen and oxygen atoms in total. The first-order chi connectivity index (χ1) is 11.5. The molecule has 2 rings (SSSR count). The zero-order chi connectivity index (χ0) is 17.5. The highest BCUT2D eigenvalue weighted by Crippen LogP contribution is 2.24. The number of carboxylic acids is 1. The Hall–Kier alpha value is -2.57. The van der Waals surface area contributed by atoms with Crippen molar-refractivity contribution < 1.29 is 19.5 Å². The van der Waals surface area contributed by atoms with Crippen LogP contribution in [-0.4, -0.2) is 36.1 Å². The van der Waals surface area contributed by atoms with Gasteiger partial charge >= 0.3 is 12.0 Å². The second kappa shape index (κ2) is 8.33. The Labute approximate surface area is 141 Å². The molecular formula is C17H23N3O4. The van der Waals surface area contributed by atoms with E-state index in [4.69, 9.17) is 5.11 Å². The van der Waals surface area contributed by atoms with E-state index < -0.39 is 5.97 Å². The Bertz CT molecular complexity index is 618. The summed E-state index contributed by atoms with van der Waals surface area (Å²) in [6.07, 6.45) is 1.87. The van der Waals surface area contributed by atoms with Crippen LogP contribution < -0.4 is 15.5 Å². The van der Waals surface area contributed by atoms with E-state index in [-0.39, 0.29) is 24.4 Å². The van der Waals surface area contributed by atoms with Crippen molar-refractivity contribution in [2.24, 2.45) is 0 Å². The molecule has 0 aromatic heterocycles. The Morgan fingerprint density at radius 1 is 1.38 bits per heavy atom. The molecule has 0 radical (unpaired) electrons. The summed E-state index contributed by atoms with van der Waals surface area (Å²) >= 11 is 0. The van der Waals surface area contributed by atoms with E-state index >= 15 is 0 Å². The number of amides is 3. The van der Waals surface area contributed by atoms with Gasteiger partial charge in [-0.3, -0.25) is 9.59 Å². The fourth-order valence-electron chi connectivity index (χ4n) is 2.66. The number of rotatable bonds is 7. The minimum atomic E-state index is -0.876. The van der Waals surface area contributed by atoms with Crippen molar-refractivity contribution in [1.29, 1.82) is 0 Å². The maximum atomic E-state index is 11.8. The average molecular weight is 333 g/mol. The third kappa shape index (κ3) is 4.97. The Morgan fingerprint density at radius 2 is 2.17 bits per heavy atom. The van der Waals surface area contributed by atoms with E-state index in [0.717, 1.165) is 24.2 Å². The summed E-state index contributed by atoms with van der Waals surface area (Å²) in [7, 11) is 0. The first-order valence-electron chi connectivity index (χ1n) is 8.14. The van der Waals surface area contributed by atoms with E-state index in [1.807, 2.05) is 31.2 Å². The lowest BCUT2D eigenvalue weighted by molar-refractivity contribution is -0.137. The largest absolute Gasteiger partial charge is 0.481 e. The molecule has 1 unspecified atom stereocenters. The van der Waals surface area contributed by atoms with Crippen LogP contribution in [0.3, 0.4) is 0 Å². The van der Waals surface area contributed by atoms with Gasteiger partial charge in [-0.05, 0) is 37.5 Å². The number of urea groups is 1. The molecule has 7 heteroatoms. The quantitative estimate of drug-likeness (QED) is 0.665. The normalized spacial score (nSPS) is 15.2. The van der Waals surface area contributed by atoms with Crippen molar-refractivity contribution in [1.82, 2.24) is 10.6 Å². The third-order valence-electron chi connectivity index (χ3n) is 3.96. The van der Waals surface area contributed by atoms with E-state index in [1.54, 1.807) is 4.90 Å². The molecule has 3 amide bonds. The molecule has 1 aliphatic heterocycles. The molecule has 1 heterocycles. The molecule has 130 valence electrons. The van der Waals surface area contributed by atoms with Gasteiger partial charge in [0.15, 0.2) is 0 Å². The van der Waals surface area contributed by atoms with Gasteiger partial charge in [0.05, 0.1) is 6.04 Å². The maximum Gasteiger partial charge on any atom is 0.315 e. The first kappa shape index (κ1) is 17.8. The van der Waals surface area contributed by atoms with Crippen LogP contribution in [0, 0.1) is 0 Å². The van der Waals surface area contributed by atoms with Crippen LogP contribution >= 0.6 is 0 Å². The number of hydrogen-bond acceptors (Lipinski definition) is 3. The van der Waals surface area contributed by atoms with E-state index in [9.17, 15) is 14.4 Å². The molecule has 0 saturated carbocycles. The molecule has 3 N–H and O–H groups in total. The molecule has 1 saturated heterocycles. The maximum absolute atomic E-state index is 11.8. The monoisotopic (exact) mass is 333 g/mol. The van der Waals surface area contributed by atoms with Gasteiger partial charge in [-0.25, -0.2) is 4.79 Å². The zero-order valence-electron chi connectivity index (χ0n) is 13.7. The van der Waals surface area contributed by atoms with Gasteiger partial charge in [-0.15, -0.1) is 0 Å². The minimum Gasteiger partial charge on any atom is -0.481 e. The smallest absolute Gasteiger partial charge is 0.315 e. The summed E-state index contributed by atoms with van der Waals surface area (Å²) in [4.78, 5) is 35.8. The van der Waals surface area contributed by atoms with Crippen LogP contribution in [0.2, 0.25) is 0 Å². The van der Waals surface area contributed by atoms with Crippen LogP contribution in [0.1, 0.15) is 44.2 Å². The number of carbonyl (C=O) groups is 3. The summed E-state index contributed by atoms with van der Waals surface area (Å²) in [6.45, 7) is 2.91. The van der Waals surface area contributed by atoms with Crippen molar-refractivity contribution in [3.05, 3.63) is 29.8 Å². The highest BCUT2D eigenvalue weighted by Gasteiger charge is 2.22. The van der Waals surface area contributed by atoms with E-state index in [2.05, 4.69) is 10.6 Å². The Balaban J connectivity index is 1.87. The number of carbonyl (C=O) groups excluding carboxylic acids is 2. The van der Waals surface area contributed by atoms with E-state index in [1.165, 1.54) is 0 Å². The van der Waals surface area contributed by atoms with Gasteiger partial charge in [0.25, 0.3) is 0 Å². The average Bonchev–Trinajstić information content (AvgIpc) is 2.97. The second-order valence-corrected chi connectivity index (χ2v) is 5.86. The Morgan fingerprint density at radius 3 is 2.83 bits per heavy atom. The van der Waals surface area contributed by atoms with Gasteiger partial charge < -0.3 is 20.6 Å². The lowest BCUT2D eigenvalue weighted by atomic mass is 10.1. The lowest BCUT2D eigenvalue weighted by Crippen LogP contribution is -2.37. The van der Waals surface area contributed by atoms with Crippen molar-refractivity contribution in [3.63, 3.8) is 0 Å². The molecule has 1 fully saturated rings. The van der Waals surface area contributed by atoms with Crippen molar-refractivity contribution in [2.75, 3.05) is 18.0 Å². The molecule has 1 aromatic carbocycles. The molecule has 0 aliphatic carbocycles. The van der Waals surface area contributed by atoms with Crippen LogP contribution in [0.15, 0.2) is 24.3 Å². The number of nitrogens with zero attached hydrogens (tertiary/aromatic N) is 1. The summed E-state index contributed by atoms with van der Waals surface area (Å²) in [5.74, 6) is -0.747. The fourth-order valence-corrected chi connectivity index (χ4v) is 2.66. The molecule has 0 spiro atoms. The van der Waals surface area contributed by atoms with Crippen LogP contribution in [0.4, 0.5) is 10.5 Å². The highest BCUT2D eigenvalue weighted by atomic mass is 16.4. The SMILES string of the molecule is CC(NC(=O)NCCCC(=O)O)c1cccc(N2CCCC2=O)c1. The highest BCUT2D eigenvalue weighted by molar-refractivity contribution is 5.95. The van der Waals surface area contributed by atoms with Gasteiger partial charge in [-0.1, -0.05) is 12.1 Å². The molecule has 0 bridgehead atoms. The lowest BCUT2D eigenvalue weighted by Gasteiger charge is -2.19. The summed E-state index contributed by atoms with van der Waals surface area (Å²) in [5, 5.41) is 14.0. The second-order valence-electron chi connectivity index (χ2n) is 5.86. The number of anilines is 1. The summed E-state index contributed by atoms with van der Waals surface area (Å²) in [5.41, 5.74) is 1.76. The van der Waals surface area contributed by atoms with Crippen LogP contribution in [0.25, 0.3) is 0 Å². The fraction of sp³-hybridized carbons (Fsp3) is 0.471. The first-order valence-corrected chi connectivity index (χ1v) is 8.14. The number of carboxylic acid groups (broad SMARTS) is 1. The number of nitrogens with one attached hydrogen (secondary N) is 2. The van der Waals surface area contributed by atoms with E-state index in [0.29, 0.717) is 19.4 Å². The summed E-state index contributed by atoms with van der Waals surface area (Å²) in [6, 6.07) is 7.03. The van der Waals surface area contributed by atoms with Crippen LogP contribution in [0.5, 0.6) is 0 Å². The molecular weight excluding hydrogens is 310 g/mol. The molecule has 1 atom stereocenters. The number of hydrogen-bond donors (Lipinski definition) is 3. The summed E-state index contributed by atoms with van der Waals surface area (Å²) < 4.78 is 0. The van der Waals surface area contributed by atoms with Gasteiger partial charge in [0.2, 0.25) is 5.91 Å². The van der Waals surface area contributed by atoms with Crippen molar-refractivity contribution >= 4 is 23.6 Å². The Kier molecular flexibility index (Phi) is 6.17. The predicted octanol–water partition coefficient (Wildman–Crippen LogP) is 2.04. The third-order valence-corrected chi connectivity index (χ3v) is 3.96. The molecule has 1 aromatic rings. The minimum absolute atomic E-state index is 0.0295. The van der Waals surface area contributed by atoms with Crippen molar-refractivity contribution in [3.8, 4) is 0 Å². The standard InChI is InChI=1S/C17H23N3O4/c1-12(19-17(24)18-9-3-8-16(22)23)13-5-2-6-14(11-13)20-10-4-7-15(20)21/h2,5-6,11-12H,3-4,7-10H2,1H3,(H,22,23)(H2,18,19,24). The zero-order valence-corrected chi connectivity index (χ0v) is 13.7. The van der Waals surface area contributed by atoms with Crippen molar-refractivity contribution in [2.45, 2.75) is 38.6 Å². The van der Waals surface area contributed by atoms with Gasteiger partial charge in [0, 0.05) is 31.6 Å². The number of aliphatic carboxylic acids is 1. The predicted molar refractivity (Wildman–Crippen MR) is 89.8 cm³/mol. The van der Waals surface area contributed by atoms with Crippen LogP contribution in [-0.2, 0) is 9.59 Å². The van der Waals surface area contributed by atoms with Gasteiger partial charge in [0.1, 0.15) is 0 Å². The van der Waals surface area contributed by atoms with Gasteiger partial charge in [-0.2, -0.15) is 0 Å². The molecule has 1 aliphatic rings. The number of benzene rings is 1. The molecule has 24 heavy (non-hydrogen) atoms.